The standard InChI is InChI=1S/C14H20N2O2.C7H16N2O.C2H6/c1-11(2)16(3)9-14(18-4)12-6-5-7-13(8-12)15-10-17;1-8-2-3-9-4-6-10-7-5-9;1-2/h5-8,10,14H,1,9H2,2-4H3,(H,15,17);8H,2-7H2,1H3;1-2H3. The molecule has 30 heavy (non-hydrogen) atoms. The molecule has 1 aliphatic heterocycles. The van der Waals surface area contributed by atoms with Crippen molar-refractivity contribution < 1.29 is 14.3 Å². The third-order valence-electron chi connectivity index (χ3n) is 4.64. The fraction of sp³-hybridized carbons (Fsp3) is 0.609. The number of methoxy groups -OCH3 is 1. The third-order valence-corrected chi connectivity index (χ3v) is 4.64. The maximum absolute atomic E-state index is 10.4. The van der Waals surface area contributed by atoms with Crippen molar-refractivity contribution in [1.82, 2.24) is 15.1 Å². The molecule has 0 aromatic heterocycles. The van der Waals surface area contributed by atoms with Crippen LogP contribution in [0.25, 0.3) is 0 Å². The van der Waals surface area contributed by atoms with E-state index in [4.69, 9.17) is 9.47 Å². The number of anilines is 1. The second-order valence-electron chi connectivity index (χ2n) is 6.79. The van der Waals surface area contributed by atoms with E-state index in [2.05, 4.69) is 22.1 Å². The van der Waals surface area contributed by atoms with E-state index in [0.29, 0.717) is 6.41 Å². The molecule has 0 saturated carbocycles. The van der Waals surface area contributed by atoms with Gasteiger partial charge in [0.2, 0.25) is 6.41 Å². The minimum absolute atomic E-state index is 0.0555. The number of carbonyl (C=O) groups excluding carboxylic acids is 1. The molecule has 7 nitrogen and oxygen atoms in total. The molecule has 1 unspecified atom stereocenters. The fourth-order valence-electron chi connectivity index (χ4n) is 2.71. The van der Waals surface area contributed by atoms with E-state index in [-0.39, 0.29) is 6.10 Å². The Kier molecular flexibility index (Phi) is 16.7. The quantitative estimate of drug-likeness (QED) is 0.565. The van der Waals surface area contributed by atoms with Gasteiger partial charge in [0.15, 0.2) is 0 Å². The van der Waals surface area contributed by atoms with Gasteiger partial charge in [-0.3, -0.25) is 9.69 Å². The summed E-state index contributed by atoms with van der Waals surface area (Å²) in [6, 6.07) is 7.63. The molecule has 7 heteroatoms. The van der Waals surface area contributed by atoms with Gasteiger partial charge in [-0.1, -0.05) is 32.6 Å². The average Bonchev–Trinajstić information content (AvgIpc) is 2.78. The number of hydrogen-bond donors (Lipinski definition) is 2. The Morgan fingerprint density at radius 3 is 2.57 bits per heavy atom. The average molecular weight is 423 g/mol. The van der Waals surface area contributed by atoms with Crippen molar-refractivity contribution in [2.24, 2.45) is 0 Å². The molecule has 1 fully saturated rings. The summed E-state index contributed by atoms with van der Waals surface area (Å²) in [5.74, 6) is 0. The molecule has 1 atom stereocenters. The van der Waals surface area contributed by atoms with Gasteiger partial charge in [-0.05, 0) is 31.7 Å². The van der Waals surface area contributed by atoms with Crippen LogP contribution < -0.4 is 10.6 Å². The Morgan fingerprint density at radius 1 is 1.37 bits per heavy atom. The lowest BCUT2D eigenvalue weighted by Gasteiger charge is -2.26. The highest BCUT2D eigenvalue weighted by Crippen LogP contribution is 2.21. The first-order valence-corrected chi connectivity index (χ1v) is 10.7. The highest BCUT2D eigenvalue weighted by atomic mass is 16.5. The molecular weight excluding hydrogens is 380 g/mol. The first kappa shape index (κ1) is 28.1. The number of amides is 1. The summed E-state index contributed by atoms with van der Waals surface area (Å²) >= 11 is 0. The molecule has 1 amide bonds. The molecule has 172 valence electrons. The molecule has 0 radical (unpaired) electrons. The molecule has 2 N–H and O–H groups in total. The van der Waals surface area contributed by atoms with Gasteiger partial charge in [-0.2, -0.15) is 0 Å². The molecule has 0 spiro atoms. The lowest BCUT2D eigenvalue weighted by atomic mass is 10.1. The minimum Gasteiger partial charge on any atom is -0.379 e. The molecule has 1 heterocycles. The largest absolute Gasteiger partial charge is 0.379 e. The van der Waals surface area contributed by atoms with Crippen molar-refractivity contribution in [2.45, 2.75) is 26.9 Å². The minimum atomic E-state index is -0.0555. The van der Waals surface area contributed by atoms with Crippen LogP contribution in [0.4, 0.5) is 5.69 Å². The second-order valence-corrected chi connectivity index (χ2v) is 6.79. The zero-order valence-corrected chi connectivity index (χ0v) is 19.7. The van der Waals surface area contributed by atoms with Crippen molar-refractivity contribution in [3.05, 3.63) is 42.1 Å². The van der Waals surface area contributed by atoms with Crippen LogP contribution in [-0.2, 0) is 14.3 Å². The number of morpholine rings is 1. The molecule has 2 rings (SSSR count). The van der Waals surface area contributed by atoms with Gasteiger partial charge in [0, 0.05) is 58.3 Å². The number of ether oxygens (including phenoxy) is 2. The van der Waals surface area contributed by atoms with Crippen LogP contribution in [0.15, 0.2) is 36.5 Å². The van der Waals surface area contributed by atoms with Gasteiger partial charge in [0.05, 0.1) is 19.3 Å². The third kappa shape index (κ3) is 11.9. The first-order chi connectivity index (χ1) is 14.5. The summed E-state index contributed by atoms with van der Waals surface area (Å²) in [6.07, 6.45) is 0.612. The molecule has 0 aliphatic carbocycles. The fourth-order valence-corrected chi connectivity index (χ4v) is 2.71. The van der Waals surface area contributed by atoms with Gasteiger partial charge < -0.3 is 25.0 Å². The molecule has 1 aromatic rings. The van der Waals surface area contributed by atoms with E-state index < -0.39 is 0 Å². The van der Waals surface area contributed by atoms with Crippen molar-refractivity contribution in [3.8, 4) is 0 Å². The van der Waals surface area contributed by atoms with Crippen LogP contribution in [-0.4, -0.2) is 83.4 Å². The van der Waals surface area contributed by atoms with Crippen molar-refractivity contribution in [1.29, 1.82) is 0 Å². The van der Waals surface area contributed by atoms with Crippen LogP contribution in [0.5, 0.6) is 0 Å². The number of benzene rings is 1. The maximum Gasteiger partial charge on any atom is 0.211 e. The lowest BCUT2D eigenvalue weighted by Crippen LogP contribution is -2.39. The predicted octanol–water partition coefficient (Wildman–Crippen LogP) is 2.97. The van der Waals surface area contributed by atoms with Crippen LogP contribution in [0.3, 0.4) is 0 Å². The van der Waals surface area contributed by atoms with Gasteiger partial charge in [-0.15, -0.1) is 0 Å². The maximum atomic E-state index is 10.4. The second kappa shape index (κ2) is 17.9. The van der Waals surface area contributed by atoms with Crippen LogP contribution in [0.1, 0.15) is 32.4 Å². The SMILES string of the molecule is C=C(C)N(C)CC(OC)c1cccc(NC=O)c1.CC.CNCCN1CCOCC1. The van der Waals surface area contributed by atoms with E-state index >= 15 is 0 Å². The van der Waals surface area contributed by atoms with Gasteiger partial charge in [-0.25, -0.2) is 0 Å². The molecule has 0 bridgehead atoms. The van der Waals surface area contributed by atoms with Gasteiger partial charge in [0.25, 0.3) is 0 Å². The Bertz CT molecular complexity index is 577. The number of nitrogens with one attached hydrogen (secondary N) is 2. The van der Waals surface area contributed by atoms with Crippen LogP contribution >= 0.6 is 0 Å². The first-order valence-electron chi connectivity index (χ1n) is 10.7. The lowest BCUT2D eigenvalue weighted by molar-refractivity contribution is -0.105. The zero-order valence-electron chi connectivity index (χ0n) is 19.7. The Hall–Kier alpha value is -1.93. The molecular formula is C23H42N4O3. The van der Waals surface area contributed by atoms with E-state index in [9.17, 15) is 4.79 Å². The molecule has 1 aromatic carbocycles. The summed E-state index contributed by atoms with van der Waals surface area (Å²) in [7, 11) is 5.64. The number of allylic oxidation sites excluding steroid dienone is 1. The number of carbonyl (C=O) groups is 1. The monoisotopic (exact) mass is 422 g/mol. The highest BCUT2D eigenvalue weighted by molar-refractivity contribution is 5.71. The normalized spacial score (nSPS) is 14.3. The predicted molar refractivity (Wildman–Crippen MR) is 126 cm³/mol. The zero-order chi connectivity index (χ0) is 22.8. The summed E-state index contributed by atoms with van der Waals surface area (Å²) in [5.41, 5.74) is 2.78. The van der Waals surface area contributed by atoms with Crippen LogP contribution in [0, 0.1) is 0 Å². The number of rotatable bonds is 10. The van der Waals surface area contributed by atoms with Crippen molar-refractivity contribution >= 4 is 12.1 Å². The molecule has 1 aliphatic rings. The smallest absolute Gasteiger partial charge is 0.211 e. The Labute approximate surface area is 183 Å². The van der Waals surface area contributed by atoms with E-state index in [1.807, 2.05) is 64.0 Å². The van der Waals surface area contributed by atoms with E-state index in [0.717, 1.165) is 62.9 Å². The summed E-state index contributed by atoms with van der Waals surface area (Å²) in [5, 5.41) is 5.77. The van der Waals surface area contributed by atoms with Gasteiger partial charge in [0.1, 0.15) is 0 Å². The highest BCUT2D eigenvalue weighted by Gasteiger charge is 2.13. The van der Waals surface area contributed by atoms with Crippen molar-refractivity contribution in [2.75, 3.05) is 72.5 Å². The topological polar surface area (TPSA) is 66.1 Å². The number of likely N-dealkylation sites (N-methyl/N-ethyl adjacent to an activating group) is 2. The van der Waals surface area contributed by atoms with E-state index in [1.54, 1.807) is 7.11 Å². The summed E-state index contributed by atoms with van der Waals surface area (Å²) in [4.78, 5) is 14.9. The Morgan fingerprint density at radius 2 is 2.03 bits per heavy atom. The number of nitrogens with zero attached hydrogens (tertiary/aromatic N) is 2. The van der Waals surface area contributed by atoms with Crippen molar-refractivity contribution in [3.63, 3.8) is 0 Å². The van der Waals surface area contributed by atoms with Crippen LogP contribution in [0.2, 0.25) is 0 Å². The molecule has 1 saturated heterocycles. The Balaban J connectivity index is 0.000000590. The van der Waals surface area contributed by atoms with E-state index in [1.165, 1.54) is 0 Å². The summed E-state index contributed by atoms with van der Waals surface area (Å²) in [6.45, 7) is 16.8. The van der Waals surface area contributed by atoms with Gasteiger partial charge >= 0.3 is 0 Å². The summed E-state index contributed by atoms with van der Waals surface area (Å²) < 4.78 is 10.7. The number of hydrogen-bond acceptors (Lipinski definition) is 6.